The molecule has 1 fully saturated rings. The van der Waals surface area contributed by atoms with Gasteiger partial charge in [-0.2, -0.15) is 0 Å². The van der Waals surface area contributed by atoms with Crippen molar-refractivity contribution < 1.29 is 4.74 Å². The summed E-state index contributed by atoms with van der Waals surface area (Å²) in [6.45, 7) is 7.74. The van der Waals surface area contributed by atoms with Crippen LogP contribution >= 0.6 is 0 Å². The Bertz CT molecular complexity index is 1200. The Hall–Kier alpha value is -3.04. The number of hydrogen-bond acceptors (Lipinski definition) is 2. The monoisotopic (exact) mass is 424 g/mol. The lowest BCUT2D eigenvalue weighted by Gasteiger charge is -2.33. The van der Waals surface area contributed by atoms with Gasteiger partial charge in [0.05, 0.1) is 12.8 Å². The third-order valence-electron chi connectivity index (χ3n) is 7.10. The van der Waals surface area contributed by atoms with E-state index in [-0.39, 0.29) is 0 Å². The van der Waals surface area contributed by atoms with Gasteiger partial charge in [-0.25, -0.2) is 0 Å². The third kappa shape index (κ3) is 3.93. The Balaban J connectivity index is 1.43. The molecule has 0 unspecified atom stereocenters. The molecule has 1 aliphatic heterocycles. The van der Waals surface area contributed by atoms with Crippen LogP contribution in [0.4, 0.5) is 0 Å². The summed E-state index contributed by atoms with van der Waals surface area (Å²) < 4.78 is 5.54. The van der Waals surface area contributed by atoms with Crippen molar-refractivity contribution >= 4 is 10.9 Å². The van der Waals surface area contributed by atoms with Crippen molar-refractivity contribution in [2.45, 2.75) is 39.2 Å². The van der Waals surface area contributed by atoms with Crippen LogP contribution in [-0.4, -0.2) is 30.1 Å². The normalized spacial score (nSPS) is 15.3. The summed E-state index contributed by atoms with van der Waals surface area (Å²) >= 11 is 0. The molecule has 0 atom stereocenters. The van der Waals surface area contributed by atoms with Gasteiger partial charge in [-0.1, -0.05) is 48.5 Å². The first kappa shape index (κ1) is 20.8. The van der Waals surface area contributed by atoms with Crippen molar-refractivity contribution in [3.8, 4) is 17.0 Å². The van der Waals surface area contributed by atoms with Gasteiger partial charge in [0.2, 0.25) is 0 Å². The number of ether oxygens (including phenoxy) is 1. The fourth-order valence-corrected chi connectivity index (χ4v) is 5.44. The molecule has 0 aliphatic carbocycles. The van der Waals surface area contributed by atoms with E-state index >= 15 is 0 Å². The number of aromatic nitrogens is 1. The molecule has 1 saturated heterocycles. The molecule has 0 bridgehead atoms. The summed E-state index contributed by atoms with van der Waals surface area (Å²) in [5, 5.41) is 1.26. The maximum absolute atomic E-state index is 5.54. The number of methoxy groups -OCH3 is 1. The number of aryl methyl sites for hydroxylation is 2. The number of rotatable bonds is 5. The largest absolute Gasteiger partial charge is 0.497 e. The zero-order valence-electron chi connectivity index (χ0n) is 19.3. The van der Waals surface area contributed by atoms with Gasteiger partial charge < -0.3 is 9.72 Å². The highest BCUT2D eigenvalue weighted by molar-refractivity contribution is 5.91. The minimum Gasteiger partial charge on any atom is -0.497 e. The molecule has 3 nitrogen and oxygen atoms in total. The SMILES string of the molecule is COc1ccc2[nH]c(-c3ccccc3)c(CN3CCC(c4c(C)cccc4C)CC3)c2c1. The van der Waals surface area contributed by atoms with E-state index in [0.29, 0.717) is 5.92 Å². The highest BCUT2D eigenvalue weighted by atomic mass is 16.5. The molecule has 164 valence electrons. The quantitative estimate of drug-likeness (QED) is 0.380. The molecular weight excluding hydrogens is 392 g/mol. The van der Waals surface area contributed by atoms with E-state index in [9.17, 15) is 0 Å². The van der Waals surface area contributed by atoms with Gasteiger partial charge in [-0.05, 0) is 91.7 Å². The van der Waals surface area contributed by atoms with Gasteiger partial charge in [-0.15, -0.1) is 0 Å². The molecule has 1 N–H and O–H groups in total. The molecule has 0 spiro atoms. The van der Waals surface area contributed by atoms with E-state index in [1.54, 1.807) is 12.7 Å². The molecule has 5 rings (SSSR count). The van der Waals surface area contributed by atoms with Gasteiger partial charge in [-0.3, -0.25) is 4.90 Å². The zero-order valence-corrected chi connectivity index (χ0v) is 19.3. The molecule has 1 aromatic heterocycles. The number of H-pyrrole nitrogens is 1. The van der Waals surface area contributed by atoms with Gasteiger partial charge in [0.1, 0.15) is 5.75 Å². The van der Waals surface area contributed by atoms with E-state index < -0.39 is 0 Å². The van der Waals surface area contributed by atoms with Crippen molar-refractivity contribution in [3.05, 3.63) is 89.0 Å². The smallest absolute Gasteiger partial charge is 0.119 e. The molecule has 2 heterocycles. The molecule has 3 heteroatoms. The Kier molecular flexibility index (Phi) is 5.75. The lowest BCUT2D eigenvalue weighted by Crippen LogP contribution is -2.33. The van der Waals surface area contributed by atoms with Crippen LogP contribution < -0.4 is 4.74 Å². The van der Waals surface area contributed by atoms with Gasteiger partial charge in [0.25, 0.3) is 0 Å². The molecular formula is C29H32N2O. The molecule has 0 amide bonds. The first-order chi connectivity index (χ1) is 15.6. The molecule has 32 heavy (non-hydrogen) atoms. The van der Waals surface area contributed by atoms with E-state index in [0.717, 1.165) is 25.4 Å². The topological polar surface area (TPSA) is 28.3 Å². The van der Waals surface area contributed by atoms with E-state index in [4.69, 9.17) is 4.74 Å². The molecule has 0 saturated carbocycles. The first-order valence-electron chi connectivity index (χ1n) is 11.7. The summed E-state index contributed by atoms with van der Waals surface area (Å²) in [6, 6.07) is 23.7. The lowest BCUT2D eigenvalue weighted by atomic mass is 9.84. The maximum atomic E-state index is 5.54. The minimum absolute atomic E-state index is 0.670. The Morgan fingerprint density at radius 3 is 2.31 bits per heavy atom. The number of piperidine rings is 1. The fraction of sp³-hybridized carbons (Fsp3) is 0.310. The Labute approximate surface area is 191 Å². The average Bonchev–Trinajstić information content (AvgIpc) is 3.18. The number of benzene rings is 3. The number of nitrogens with zero attached hydrogens (tertiary/aromatic N) is 1. The van der Waals surface area contributed by atoms with Crippen molar-refractivity contribution in [3.63, 3.8) is 0 Å². The van der Waals surface area contributed by atoms with Crippen LogP contribution in [0.1, 0.15) is 41.0 Å². The van der Waals surface area contributed by atoms with Crippen molar-refractivity contribution in [2.24, 2.45) is 0 Å². The lowest BCUT2D eigenvalue weighted by molar-refractivity contribution is 0.205. The first-order valence-corrected chi connectivity index (χ1v) is 11.7. The third-order valence-corrected chi connectivity index (χ3v) is 7.10. The summed E-state index contributed by atoms with van der Waals surface area (Å²) in [4.78, 5) is 6.31. The predicted octanol–water partition coefficient (Wildman–Crippen LogP) is 6.84. The number of hydrogen-bond donors (Lipinski definition) is 1. The number of nitrogens with one attached hydrogen (secondary N) is 1. The standard InChI is InChI=1S/C29H32N2O/c1-20-8-7-9-21(2)28(20)22-14-16-31(17-15-22)19-26-25-18-24(32-3)12-13-27(25)30-29(26)23-10-5-4-6-11-23/h4-13,18,22,30H,14-17,19H2,1-3H3. The van der Waals surface area contributed by atoms with E-state index in [1.165, 1.54) is 51.7 Å². The summed E-state index contributed by atoms with van der Waals surface area (Å²) in [7, 11) is 1.74. The second-order valence-corrected chi connectivity index (χ2v) is 9.11. The maximum Gasteiger partial charge on any atom is 0.119 e. The van der Waals surface area contributed by atoms with E-state index in [1.807, 2.05) is 6.07 Å². The molecule has 1 aliphatic rings. The van der Waals surface area contributed by atoms with Gasteiger partial charge in [0, 0.05) is 17.4 Å². The second-order valence-electron chi connectivity index (χ2n) is 9.11. The Morgan fingerprint density at radius 2 is 1.62 bits per heavy atom. The highest BCUT2D eigenvalue weighted by Gasteiger charge is 2.25. The summed E-state index contributed by atoms with van der Waals surface area (Å²) in [5.41, 5.74) is 9.47. The number of aromatic amines is 1. The van der Waals surface area contributed by atoms with Gasteiger partial charge >= 0.3 is 0 Å². The van der Waals surface area contributed by atoms with Crippen LogP contribution in [0, 0.1) is 13.8 Å². The van der Waals surface area contributed by atoms with E-state index in [2.05, 4.69) is 84.4 Å². The van der Waals surface area contributed by atoms with Crippen LogP contribution in [-0.2, 0) is 6.54 Å². The fourth-order valence-electron chi connectivity index (χ4n) is 5.44. The van der Waals surface area contributed by atoms with Crippen LogP contribution in [0.3, 0.4) is 0 Å². The van der Waals surface area contributed by atoms with Crippen molar-refractivity contribution in [1.29, 1.82) is 0 Å². The average molecular weight is 425 g/mol. The van der Waals surface area contributed by atoms with Crippen molar-refractivity contribution in [1.82, 2.24) is 9.88 Å². The second kappa shape index (κ2) is 8.84. The highest BCUT2D eigenvalue weighted by Crippen LogP contribution is 2.36. The molecule has 4 aromatic rings. The summed E-state index contributed by atoms with van der Waals surface area (Å²) in [5.74, 6) is 1.58. The van der Waals surface area contributed by atoms with Crippen LogP contribution in [0.2, 0.25) is 0 Å². The summed E-state index contributed by atoms with van der Waals surface area (Å²) in [6.07, 6.45) is 2.44. The van der Waals surface area contributed by atoms with Crippen molar-refractivity contribution in [2.75, 3.05) is 20.2 Å². The molecule has 0 radical (unpaired) electrons. The van der Waals surface area contributed by atoms with Crippen LogP contribution in [0.15, 0.2) is 66.7 Å². The van der Waals surface area contributed by atoms with Crippen LogP contribution in [0.25, 0.3) is 22.2 Å². The van der Waals surface area contributed by atoms with Gasteiger partial charge in [0.15, 0.2) is 0 Å². The molecule has 3 aromatic carbocycles. The Morgan fingerprint density at radius 1 is 0.906 bits per heavy atom. The van der Waals surface area contributed by atoms with Crippen LogP contribution in [0.5, 0.6) is 5.75 Å². The number of likely N-dealkylation sites (tertiary alicyclic amines) is 1. The predicted molar refractivity (Wildman–Crippen MR) is 133 cm³/mol. The minimum atomic E-state index is 0.670. The number of fused-ring (bicyclic) bond motifs is 1. The zero-order chi connectivity index (χ0) is 22.1.